The van der Waals surface area contributed by atoms with Crippen LogP contribution in [-0.2, 0) is 18.4 Å². The molecule has 6 nitrogen and oxygen atoms in total. The van der Waals surface area contributed by atoms with Crippen molar-refractivity contribution >= 4 is 5.91 Å². The van der Waals surface area contributed by atoms with E-state index in [4.69, 9.17) is 0 Å². The zero-order chi connectivity index (χ0) is 16.3. The summed E-state index contributed by atoms with van der Waals surface area (Å²) < 4.78 is 1.95. The van der Waals surface area contributed by atoms with Gasteiger partial charge in [-0.05, 0) is 20.9 Å². The third-order valence-electron chi connectivity index (χ3n) is 4.66. The summed E-state index contributed by atoms with van der Waals surface area (Å²) in [6.45, 7) is 11.4. The van der Waals surface area contributed by atoms with Crippen molar-refractivity contribution in [2.75, 3.05) is 39.8 Å². The maximum absolute atomic E-state index is 12.3. The standard InChI is InChI=1S/C16H29N5O/c1-12(10-17-4)16(22)21-8-6-20(7-9-21)11-15-13(2)18-19(5)14(15)3/h12,17H,6-11H2,1-5H3. The van der Waals surface area contributed by atoms with Crippen molar-refractivity contribution in [1.82, 2.24) is 24.9 Å². The topological polar surface area (TPSA) is 53.4 Å². The lowest BCUT2D eigenvalue weighted by atomic mass is 10.1. The van der Waals surface area contributed by atoms with Crippen LogP contribution in [0.25, 0.3) is 0 Å². The minimum absolute atomic E-state index is 0.0550. The number of hydrogen-bond acceptors (Lipinski definition) is 4. The molecule has 1 aromatic rings. The number of hydrogen-bond donors (Lipinski definition) is 1. The molecule has 1 aromatic heterocycles. The van der Waals surface area contributed by atoms with Gasteiger partial charge < -0.3 is 10.2 Å². The van der Waals surface area contributed by atoms with E-state index in [9.17, 15) is 4.79 Å². The van der Waals surface area contributed by atoms with Crippen molar-refractivity contribution in [2.45, 2.75) is 27.3 Å². The van der Waals surface area contributed by atoms with Crippen LogP contribution in [0.15, 0.2) is 0 Å². The fourth-order valence-corrected chi connectivity index (χ4v) is 3.10. The SMILES string of the molecule is CNCC(C)C(=O)N1CCN(Cc2c(C)nn(C)c2C)CC1. The first kappa shape index (κ1) is 17.0. The van der Waals surface area contributed by atoms with Crippen LogP contribution in [0.3, 0.4) is 0 Å². The van der Waals surface area contributed by atoms with E-state index < -0.39 is 0 Å². The molecule has 1 unspecified atom stereocenters. The summed E-state index contributed by atoms with van der Waals surface area (Å²) in [6, 6.07) is 0. The highest BCUT2D eigenvalue weighted by atomic mass is 16.2. The van der Waals surface area contributed by atoms with Crippen molar-refractivity contribution in [2.24, 2.45) is 13.0 Å². The van der Waals surface area contributed by atoms with E-state index in [-0.39, 0.29) is 11.8 Å². The van der Waals surface area contributed by atoms with E-state index in [1.165, 1.54) is 11.3 Å². The monoisotopic (exact) mass is 307 g/mol. The summed E-state index contributed by atoms with van der Waals surface area (Å²) in [5.74, 6) is 0.321. The molecule has 124 valence electrons. The molecule has 6 heteroatoms. The van der Waals surface area contributed by atoms with Gasteiger partial charge in [0.15, 0.2) is 0 Å². The van der Waals surface area contributed by atoms with Gasteiger partial charge in [0.1, 0.15) is 0 Å². The quantitative estimate of drug-likeness (QED) is 0.862. The van der Waals surface area contributed by atoms with Gasteiger partial charge in [-0.25, -0.2) is 0 Å². The van der Waals surface area contributed by atoms with Gasteiger partial charge in [0.25, 0.3) is 0 Å². The molecule has 0 bridgehead atoms. The summed E-state index contributed by atoms with van der Waals surface area (Å²) in [4.78, 5) is 16.7. The average molecular weight is 307 g/mol. The summed E-state index contributed by atoms with van der Waals surface area (Å²) in [6.07, 6.45) is 0. The van der Waals surface area contributed by atoms with Crippen molar-refractivity contribution < 1.29 is 4.79 Å². The van der Waals surface area contributed by atoms with Gasteiger partial charge in [0.05, 0.1) is 5.69 Å². The minimum atomic E-state index is 0.0550. The molecular weight excluding hydrogens is 278 g/mol. The van der Waals surface area contributed by atoms with Gasteiger partial charge in [-0.3, -0.25) is 14.4 Å². The van der Waals surface area contributed by atoms with Gasteiger partial charge in [-0.15, -0.1) is 0 Å². The maximum Gasteiger partial charge on any atom is 0.226 e. The first-order valence-corrected chi connectivity index (χ1v) is 8.08. The third kappa shape index (κ3) is 3.67. The molecule has 1 N–H and O–H groups in total. The Labute approximate surface area is 133 Å². The Morgan fingerprint density at radius 2 is 1.91 bits per heavy atom. The number of piperazine rings is 1. The molecule has 0 aromatic carbocycles. The smallest absolute Gasteiger partial charge is 0.226 e. The third-order valence-corrected chi connectivity index (χ3v) is 4.66. The first-order valence-electron chi connectivity index (χ1n) is 8.08. The predicted octanol–water partition coefficient (Wildman–Crippen LogP) is 0.537. The number of nitrogens with one attached hydrogen (secondary N) is 1. The molecule has 0 radical (unpaired) electrons. The lowest BCUT2D eigenvalue weighted by Gasteiger charge is -2.36. The van der Waals surface area contributed by atoms with Gasteiger partial charge in [0, 0.05) is 63.5 Å². The highest BCUT2D eigenvalue weighted by Gasteiger charge is 2.25. The van der Waals surface area contributed by atoms with Crippen molar-refractivity contribution in [3.63, 3.8) is 0 Å². The van der Waals surface area contributed by atoms with Crippen molar-refractivity contribution in [1.29, 1.82) is 0 Å². The normalized spacial score (nSPS) is 17.8. The Bertz CT molecular complexity index is 517. The van der Waals surface area contributed by atoms with Crippen molar-refractivity contribution in [3.05, 3.63) is 17.0 Å². The Balaban J connectivity index is 1.88. The van der Waals surface area contributed by atoms with E-state index in [0.717, 1.165) is 45.0 Å². The average Bonchev–Trinajstić information content (AvgIpc) is 2.74. The van der Waals surface area contributed by atoms with Gasteiger partial charge in [-0.2, -0.15) is 5.10 Å². The first-order chi connectivity index (χ1) is 10.4. The largest absolute Gasteiger partial charge is 0.340 e. The fourth-order valence-electron chi connectivity index (χ4n) is 3.10. The van der Waals surface area contributed by atoms with Crippen LogP contribution in [0.2, 0.25) is 0 Å². The molecule has 2 rings (SSSR count). The number of rotatable bonds is 5. The van der Waals surface area contributed by atoms with Gasteiger partial charge in [0.2, 0.25) is 5.91 Å². The van der Waals surface area contributed by atoms with Crippen LogP contribution in [0.1, 0.15) is 23.9 Å². The molecule has 1 fully saturated rings. The summed E-state index contributed by atoms with van der Waals surface area (Å²) >= 11 is 0. The second kappa shape index (κ2) is 7.24. The molecule has 1 aliphatic rings. The lowest BCUT2D eigenvalue weighted by Crippen LogP contribution is -2.50. The van der Waals surface area contributed by atoms with E-state index in [0.29, 0.717) is 0 Å². The molecule has 0 saturated carbocycles. The number of carbonyl (C=O) groups excluding carboxylic acids is 1. The molecule has 0 aliphatic carbocycles. The van der Waals surface area contributed by atoms with Crippen LogP contribution in [0.4, 0.5) is 0 Å². The predicted molar refractivity (Wildman–Crippen MR) is 87.6 cm³/mol. The van der Waals surface area contributed by atoms with Crippen molar-refractivity contribution in [3.8, 4) is 0 Å². The maximum atomic E-state index is 12.3. The van der Waals surface area contributed by atoms with Crippen LogP contribution in [0.5, 0.6) is 0 Å². The van der Waals surface area contributed by atoms with Crippen LogP contribution < -0.4 is 5.32 Å². The molecule has 1 saturated heterocycles. The molecule has 2 heterocycles. The number of nitrogens with zero attached hydrogens (tertiary/aromatic N) is 4. The lowest BCUT2D eigenvalue weighted by molar-refractivity contribution is -0.136. The Hall–Kier alpha value is -1.40. The summed E-state index contributed by atoms with van der Waals surface area (Å²) in [5, 5.41) is 7.56. The van der Waals surface area contributed by atoms with E-state index >= 15 is 0 Å². The summed E-state index contributed by atoms with van der Waals surface area (Å²) in [7, 11) is 3.88. The molecule has 22 heavy (non-hydrogen) atoms. The second-order valence-electron chi connectivity index (χ2n) is 6.33. The van der Waals surface area contributed by atoms with Crippen LogP contribution in [0, 0.1) is 19.8 Å². The van der Waals surface area contributed by atoms with E-state index in [1.807, 2.05) is 30.6 Å². The second-order valence-corrected chi connectivity index (χ2v) is 6.33. The van der Waals surface area contributed by atoms with Gasteiger partial charge >= 0.3 is 0 Å². The zero-order valence-corrected chi connectivity index (χ0v) is 14.5. The highest BCUT2D eigenvalue weighted by Crippen LogP contribution is 2.16. The Morgan fingerprint density at radius 1 is 1.27 bits per heavy atom. The molecule has 0 spiro atoms. The molecule has 1 aliphatic heterocycles. The summed E-state index contributed by atoms with van der Waals surface area (Å²) in [5.41, 5.74) is 3.67. The zero-order valence-electron chi connectivity index (χ0n) is 14.5. The molecule has 1 amide bonds. The molecule has 1 atom stereocenters. The van der Waals surface area contributed by atoms with Crippen LogP contribution >= 0.6 is 0 Å². The fraction of sp³-hybridized carbons (Fsp3) is 0.750. The number of carbonyl (C=O) groups is 1. The number of aryl methyl sites for hydroxylation is 2. The van der Waals surface area contributed by atoms with E-state index in [2.05, 4.69) is 29.2 Å². The number of aromatic nitrogens is 2. The van der Waals surface area contributed by atoms with Crippen LogP contribution in [-0.4, -0.2) is 65.3 Å². The Morgan fingerprint density at radius 3 is 2.41 bits per heavy atom. The van der Waals surface area contributed by atoms with Gasteiger partial charge in [-0.1, -0.05) is 6.92 Å². The minimum Gasteiger partial charge on any atom is -0.340 e. The number of amides is 1. The molecular formula is C16H29N5O. The Kier molecular flexibility index (Phi) is 5.58. The van der Waals surface area contributed by atoms with E-state index in [1.54, 1.807) is 0 Å². The highest BCUT2D eigenvalue weighted by molar-refractivity contribution is 5.78.